The molecule has 8 nitrogen and oxygen atoms in total. The zero-order valence-electron chi connectivity index (χ0n) is 12.8. The van der Waals surface area contributed by atoms with Crippen molar-refractivity contribution < 1.29 is 14.0 Å². The summed E-state index contributed by atoms with van der Waals surface area (Å²) in [5.41, 5.74) is 0.586. The second kappa shape index (κ2) is 7.75. The van der Waals surface area contributed by atoms with E-state index in [4.69, 9.17) is 9.25 Å². The monoisotopic (exact) mass is 336 g/mol. The van der Waals surface area contributed by atoms with Gasteiger partial charge in [0, 0.05) is 19.0 Å². The summed E-state index contributed by atoms with van der Waals surface area (Å²) in [7, 11) is 2.80. The van der Waals surface area contributed by atoms with E-state index in [0.717, 1.165) is 9.75 Å². The first kappa shape index (κ1) is 17.0. The summed E-state index contributed by atoms with van der Waals surface area (Å²) in [5.74, 6) is -0.377. The molecule has 2 heterocycles. The molecule has 0 N–H and O–H groups in total. The van der Waals surface area contributed by atoms with Crippen molar-refractivity contribution >= 4 is 17.7 Å². The van der Waals surface area contributed by atoms with Gasteiger partial charge in [-0.1, -0.05) is 6.08 Å². The first-order valence-electron chi connectivity index (χ1n) is 6.64. The summed E-state index contributed by atoms with van der Waals surface area (Å²) in [6.07, 6.45) is 3.39. The lowest BCUT2D eigenvalue weighted by Gasteiger charge is -2.12. The molecular weight excluding hydrogens is 320 g/mol. The molecular formula is C14H16N4O4S. The van der Waals surface area contributed by atoms with Crippen LogP contribution in [0.2, 0.25) is 0 Å². The first-order chi connectivity index (χ1) is 11.1. The average Bonchev–Trinajstić information content (AvgIpc) is 2.92. The molecule has 122 valence electrons. The Morgan fingerprint density at radius 2 is 2.39 bits per heavy atom. The topological polar surface area (TPSA) is 90.5 Å². The van der Waals surface area contributed by atoms with Crippen molar-refractivity contribution in [1.82, 2.24) is 19.8 Å². The van der Waals surface area contributed by atoms with E-state index in [1.807, 2.05) is 0 Å². The summed E-state index contributed by atoms with van der Waals surface area (Å²) < 4.78 is 6.09. The van der Waals surface area contributed by atoms with Crippen LogP contribution in [0.3, 0.4) is 0 Å². The minimum atomic E-state index is -0.721. The van der Waals surface area contributed by atoms with Crippen molar-refractivity contribution in [2.75, 3.05) is 19.9 Å². The molecule has 0 aliphatic carbocycles. The molecule has 0 spiro atoms. The lowest BCUT2D eigenvalue weighted by molar-refractivity contribution is -0.169. The number of aromatic nitrogens is 3. The smallest absolute Gasteiger partial charge is 0.387 e. The summed E-state index contributed by atoms with van der Waals surface area (Å²) in [6.45, 7) is 3.38. The number of rotatable bonds is 7. The largest absolute Gasteiger partial charge is 0.437 e. The van der Waals surface area contributed by atoms with Gasteiger partial charge in [-0.05, 0) is 12.1 Å². The summed E-state index contributed by atoms with van der Waals surface area (Å²) >= 11 is 1.44. The molecule has 0 saturated heterocycles. The third kappa shape index (κ3) is 4.08. The number of thioether (sulfide) groups is 1. The Hall–Kier alpha value is -2.39. The van der Waals surface area contributed by atoms with Crippen molar-refractivity contribution in [3.8, 4) is 11.5 Å². The molecule has 0 atom stereocenters. The highest BCUT2D eigenvalue weighted by Crippen LogP contribution is 2.27. The molecule has 0 radical (unpaired) electrons. The zero-order valence-corrected chi connectivity index (χ0v) is 13.6. The van der Waals surface area contributed by atoms with E-state index in [0.29, 0.717) is 16.3 Å². The molecule has 0 aromatic carbocycles. The first-order valence-corrected chi connectivity index (χ1v) is 7.63. The van der Waals surface area contributed by atoms with Gasteiger partial charge in [0.25, 0.3) is 11.8 Å². The Kier molecular flexibility index (Phi) is 5.72. The Labute approximate surface area is 136 Å². The number of hydrogen-bond acceptors (Lipinski definition) is 7. The van der Waals surface area contributed by atoms with Crippen molar-refractivity contribution in [2.24, 2.45) is 0 Å². The Morgan fingerprint density at radius 1 is 1.61 bits per heavy atom. The van der Waals surface area contributed by atoms with Crippen LogP contribution >= 0.6 is 11.8 Å². The quantitative estimate of drug-likeness (QED) is 0.426. The third-order valence-electron chi connectivity index (χ3n) is 2.86. The molecule has 0 saturated carbocycles. The van der Waals surface area contributed by atoms with E-state index in [-0.39, 0.29) is 12.4 Å². The van der Waals surface area contributed by atoms with E-state index >= 15 is 0 Å². The number of carbonyl (C=O) groups is 1. The Morgan fingerprint density at radius 3 is 3.09 bits per heavy atom. The predicted molar refractivity (Wildman–Crippen MR) is 84.7 cm³/mol. The van der Waals surface area contributed by atoms with Crippen LogP contribution < -0.4 is 5.76 Å². The Balaban J connectivity index is 2.29. The lowest BCUT2D eigenvalue weighted by Crippen LogP contribution is -2.32. The van der Waals surface area contributed by atoms with Gasteiger partial charge in [-0.3, -0.25) is 9.63 Å². The van der Waals surface area contributed by atoms with Crippen molar-refractivity contribution in [1.29, 1.82) is 0 Å². The highest BCUT2D eigenvalue weighted by atomic mass is 32.2. The predicted octanol–water partition coefficient (Wildman–Crippen LogP) is 1.20. The second-order valence-electron chi connectivity index (χ2n) is 4.36. The van der Waals surface area contributed by atoms with Crippen LogP contribution in [0.25, 0.3) is 11.5 Å². The van der Waals surface area contributed by atoms with Crippen LogP contribution in [0.15, 0.2) is 45.2 Å². The minimum absolute atomic E-state index is 0.113. The molecule has 23 heavy (non-hydrogen) atoms. The van der Waals surface area contributed by atoms with Gasteiger partial charge in [0.1, 0.15) is 11.6 Å². The number of hydrogen-bond donors (Lipinski definition) is 0. The number of pyridine rings is 1. The lowest BCUT2D eigenvalue weighted by atomic mass is 10.3. The fourth-order valence-electron chi connectivity index (χ4n) is 1.65. The van der Waals surface area contributed by atoms with Crippen LogP contribution in [0.1, 0.15) is 0 Å². The van der Waals surface area contributed by atoms with Crippen LogP contribution in [-0.4, -0.2) is 45.6 Å². The van der Waals surface area contributed by atoms with E-state index in [2.05, 4.69) is 16.7 Å². The van der Waals surface area contributed by atoms with Gasteiger partial charge in [0.15, 0.2) is 0 Å². The van der Waals surface area contributed by atoms with Gasteiger partial charge in [-0.25, -0.2) is 14.8 Å². The van der Waals surface area contributed by atoms with Crippen LogP contribution in [0.4, 0.5) is 0 Å². The fraction of sp³-hybridized carbons (Fsp3) is 0.286. The summed E-state index contributed by atoms with van der Waals surface area (Å²) in [5, 5.41) is 5.74. The van der Waals surface area contributed by atoms with Gasteiger partial charge in [0.2, 0.25) is 0 Å². The van der Waals surface area contributed by atoms with Crippen LogP contribution in [-0.2, 0) is 16.2 Å². The highest BCUT2D eigenvalue weighted by Gasteiger charge is 2.18. The third-order valence-corrected chi connectivity index (χ3v) is 3.86. The highest BCUT2D eigenvalue weighted by molar-refractivity contribution is 7.99. The molecule has 2 aromatic heterocycles. The van der Waals surface area contributed by atoms with E-state index in [1.165, 1.54) is 25.9 Å². The molecule has 0 fully saturated rings. The molecule has 0 bridgehead atoms. The van der Waals surface area contributed by atoms with E-state index < -0.39 is 11.7 Å². The van der Waals surface area contributed by atoms with Crippen molar-refractivity contribution in [2.45, 2.75) is 11.6 Å². The fourth-order valence-corrected chi connectivity index (χ4v) is 2.37. The molecule has 2 rings (SSSR count). The van der Waals surface area contributed by atoms with E-state index in [9.17, 15) is 9.59 Å². The number of hydroxylamine groups is 2. The standard InChI is InChI=1S/C14H16N4O4S/c1-4-8-23-13-10(6-5-7-15-13)12-16-18(14(20)22-12)9-11(19)17(2)21-3/h4-7H,1,8-9H2,2-3H3. The Bertz CT molecular complexity index is 755. The summed E-state index contributed by atoms with van der Waals surface area (Å²) in [4.78, 5) is 32.7. The molecule has 9 heteroatoms. The van der Waals surface area contributed by atoms with E-state index in [1.54, 1.807) is 24.4 Å². The van der Waals surface area contributed by atoms with Gasteiger partial charge in [-0.2, -0.15) is 4.68 Å². The maximum atomic E-state index is 11.9. The molecule has 0 unspecified atom stereocenters. The SMILES string of the molecule is C=CCSc1ncccc1-c1nn(CC(=O)N(C)OC)c(=O)o1. The molecule has 0 aliphatic rings. The molecule has 0 aliphatic heterocycles. The summed E-state index contributed by atoms with van der Waals surface area (Å²) in [6, 6.07) is 3.47. The molecule has 2 aromatic rings. The van der Waals surface area contributed by atoms with Crippen molar-refractivity contribution in [3.63, 3.8) is 0 Å². The number of likely N-dealkylation sites (N-methyl/N-ethyl adjacent to an activating group) is 1. The normalized spacial score (nSPS) is 10.5. The maximum Gasteiger partial charge on any atom is 0.437 e. The second-order valence-corrected chi connectivity index (χ2v) is 5.37. The van der Waals surface area contributed by atoms with Crippen LogP contribution in [0.5, 0.6) is 0 Å². The average molecular weight is 336 g/mol. The number of amides is 1. The zero-order chi connectivity index (χ0) is 16.8. The minimum Gasteiger partial charge on any atom is -0.387 e. The van der Waals surface area contributed by atoms with Gasteiger partial charge < -0.3 is 4.42 Å². The van der Waals surface area contributed by atoms with Gasteiger partial charge >= 0.3 is 5.76 Å². The number of carbonyl (C=O) groups excluding carboxylic acids is 1. The van der Waals surface area contributed by atoms with Crippen molar-refractivity contribution in [3.05, 3.63) is 41.5 Å². The number of nitrogens with zero attached hydrogens (tertiary/aromatic N) is 4. The van der Waals surface area contributed by atoms with Gasteiger partial charge in [0.05, 0.1) is 12.7 Å². The van der Waals surface area contributed by atoms with Gasteiger partial charge in [-0.15, -0.1) is 23.4 Å². The maximum absolute atomic E-state index is 11.9. The van der Waals surface area contributed by atoms with Crippen LogP contribution in [0, 0.1) is 0 Å². The molecule has 1 amide bonds.